The molecule has 16 heavy (non-hydrogen) atoms. The van der Waals surface area contributed by atoms with Crippen LogP contribution in [0.4, 0.5) is 13.2 Å². The molecule has 2 heterocycles. The van der Waals surface area contributed by atoms with Gasteiger partial charge in [0.05, 0.1) is 18.9 Å². The Morgan fingerprint density at radius 3 is 2.75 bits per heavy atom. The molecule has 0 amide bonds. The van der Waals surface area contributed by atoms with E-state index in [4.69, 9.17) is 16.3 Å². The molecular formula is C9H8ClF3N2O. The van der Waals surface area contributed by atoms with Gasteiger partial charge in [-0.2, -0.15) is 13.2 Å². The maximum atomic E-state index is 12.2. The van der Waals surface area contributed by atoms with E-state index in [0.29, 0.717) is 24.3 Å². The monoisotopic (exact) mass is 252 g/mol. The lowest BCUT2D eigenvalue weighted by molar-refractivity contribution is -0.128. The molecule has 7 heteroatoms. The average Bonchev–Trinajstić information content (AvgIpc) is 2.15. The van der Waals surface area contributed by atoms with Crippen molar-refractivity contribution in [2.45, 2.75) is 25.6 Å². The van der Waals surface area contributed by atoms with Gasteiger partial charge in [-0.25, -0.2) is 9.97 Å². The fourth-order valence-electron chi connectivity index (χ4n) is 1.50. The molecule has 1 aliphatic rings. The maximum absolute atomic E-state index is 12.2. The molecule has 0 N–H and O–H groups in total. The molecule has 3 nitrogen and oxygen atoms in total. The maximum Gasteiger partial charge on any atom is 0.396 e. The van der Waals surface area contributed by atoms with Gasteiger partial charge in [-0.1, -0.05) is 11.6 Å². The lowest BCUT2D eigenvalue weighted by Crippen LogP contribution is -2.19. The van der Waals surface area contributed by atoms with Crippen LogP contribution in [-0.4, -0.2) is 22.8 Å². The summed E-state index contributed by atoms with van der Waals surface area (Å²) in [6.07, 6.45) is -4.99. The van der Waals surface area contributed by atoms with Gasteiger partial charge in [-0.05, 0) is 0 Å². The number of aromatic nitrogens is 2. The summed E-state index contributed by atoms with van der Waals surface area (Å²) in [6, 6.07) is 0. The highest BCUT2D eigenvalue weighted by atomic mass is 35.5. The summed E-state index contributed by atoms with van der Waals surface area (Å²) >= 11 is 5.78. The van der Waals surface area contributed by atoms with Gasteiger partial charge in [-0.3, -0.25) is 0 Å². The largest absolute Gasteiger partial charge is 0.396 e. The number of rotatable bonds is 1. The zero-order valence-corrected chi connectivity index (χ0v) is 8.90. The van der Waals surface area contributed by atoms with Crippen LogP contribution in [0.25, 0.3) is 0 Å². The number of fused-ring (bicyclic) bond motifs is 1. The fraction of sp³-hybridized carbons (Fsp3) is 0.556. The van der Waals surface area contributed by atoms with E-state index in [1.54, 1.807) is 0 Å². The van der Waals surface area contributed by atoms with Crippen LogP contribution < -0.4 is 0 Å². The Balaban J connectivity index is 2.32. The standard InChI is InChI=1S/C9H8ClF3N2O/c10-8-5-4-16-2-1-6(5)14-7(15-8)3-9(11,12)13/h1-4H2. The van der Waals surface area contributed by atoms with Crippen molar-refractivity contribution in [3.63, 3.8) is 0 Å². The Labute approximate surface area is 94.6 Å². The van der Waals surface area contributed by atoms with Crippen LogP contribution in [0.5, 0.6) is 0 Å². The normalized spacial score (nSPS) is 16.0. The van der Waals surface area contributed by atoms with Crippen molar-refractivity contribution in [2.75, 3.05) is 6.61 Å². The van der Waals surface area contributed by atoms with E-state index in [9.17, 15) is 13.2 Å². The first-order chi connectivity index (χ1) is 7.46. The fourth-order valence-corrected chi connectivity index (χ4v) is 1.76. The predicted molar refractivity (Wildman–Crippen MR) is 50.2 cm³/mol. The third kappa shape index (κ3) is 2.62. The Bertz CT molecular complexity index is 408. The van der Waals surface area contributed by atoms with E-state index >= 15 is 0 Å². The van der Waals surface area contributed by atoms with Gasteiger partial charge in [0.2, 0.25) is 0 Å². The van der Waals surface area contributed by atoms with Gasteiger partial charge in [0.1, 0.15) is 17.4 Å². The molecule has 0 spiro atoms. The molecule has 0 aliphatic carbocycles. The van der Waals surface area contributed by atoms with E-state index in [1.165, 1.54) is 0 Å². The molecule has 1 aromatic heterocycles. The van der Waals surface area contributed by atoms with Crippen molar-refractivity contribution in [2.24, 2.45) is 0 Å². The second kappa shape index (κ2) is 4.18. The van der Waals surface area contributed by atoms with Crippen molar-refractivity contribution in [3.05, 3.63) is 22.2 Å². The van der Waals surface area contributed by atoms with Gasteiger partial charge in [-0.15, -0.1) is 0 Å². The topological polar surface area (TPSA) is 35.0 Å². The van der Waals surface area contributed by atoms with Gasteiger partial charge in [0.15, 0.2) is 0 Å². The van der Waals surface area contributed by atoms with E-state index in [2.05, 4.69) is 9.97 Å². The molecule has 0 radical (unpaired) electrons. The van der Waals surface area contributed by atoms with Crippen LogP contribution in [-0.2, 0) is 24.2 Å². The minimum atomic E-state index is -4.32. The quantitative estimate of drug-likeness (QED) is 0.720. The molecule has 88 valence electrons. The van der Waals surface area contributed by atoms with Crippen LogP contribution in [0.15, 0.2) is 0 Å². The van der Waals surface area contributed by atoms with E-state index in [-0.39, 0.29) is 17.6 Å². The number of halogens is 4. The number of ether oxygens (including phenoxy) is 1. The van der Waals surface area contributed by atoms with Crippen molar-refractivity contribution in [3.8, 4) is 0 Å². The molecule has 0 atom stereocenters. The predicted octanol–water partition coefficient (Wildman–Crippen LogP) is 2.31. The summed E-state index contributed by atoms with van der Waals surface area (Å²) < 4.78 is 41.6. The Hall–Kier alpha value is -0.880. The third-order valence-corrected chi connectivity index (χ3v) is 2.49. The van der Waals surface area contributed by atoms with Crippen LogP contribution >= 0.6 is 11.6 Å². The van der Waals surface area contributed by atoms with E-state index in [0.717, 1.165) is 0 Å². The second-order valence-corrected chi connectivity index (χ2v) is 3.81. The zero-order valence-electron chi connectivity index (χ0n) is 8.14. The van der Waals surface area contributed by atoms with Crippen LogP contribution in [0, 0.1) is 0 Å². The first kappa shape index (κ1) is 11.6. The third-order valence-electron chi connectivity index (χ3n) is 2.18. The van der Waals surface area contributed by atoms with Gasteiger partial charge in [0.25, 0.3) is 0 Å². The number of hydrogen-bond acceptors (Lipinski definition) is 3. The van der Waals surface area contributed by atoms with Crippen molar-refractivity contribution in [1.29, 1.82) is 0 Å². The van der Waals surface area contributed by atoms with Crippen LogP contribution in [0.1, 0.15) is 17.1 Å². The summed E-state index contributed by atoms with van der Waals surface area (Å²) in [7, 11) is 0. The number of nitrogens with zero attached hydrogens (tertiary/aromatic N) is 2. The second-order valence-electron chi connectivity index (χ2n) is 3.45. The summed E-state index contributed by atoms with van der Waals surface area (Å²) in [4.78, 5) is 7.49. The molecule has 1 aliphatic heterocycles. The van der Waals surface area contributed by atoms with Crippen molar-refractivity contribution in [1.82, 2.24) is 9.97 Å². The molecule has 0 fully saturated rings. The first-order valence-corrected chi connectivity index (χ1v) is 5.02. The van der Waals surface area contributed by atoms with Crippen LogP contribution in [0.2, 0.25) is 5.15 Å². The Morgan fingerprint density at radius 1 is 1.31 bits per heavy atom. The molecule has 0 saturated carbocycles. The highest BCUT2D eigenvalue weighted by molar-refractivity contribution is 6.30. The smallest absolute Gasteiger partial charge is 0.376 e. The lowest BCUT2D eigenvalue weighted by atomic mass is 10.1. The van der Waals surface area contributed by atoms with E-state index in [1.807, 2.05) is 0 Å². The highest BCUT2D eigenvalue weighted by Crippen LogP contribution is 2.25. The summed E-state index contributed by atoms with van der Waals surface area (Å²) in [5.74, 6) is -0.279. The SMILES string of the molecule is FC(F)(F)Cc1nc(Cl)c2c(n1)CCOC2. The number of alkyl halides is 3. The number of hydrogen-bond donors (Lipinski definition) is 0. The summed E-state index contributed by atoms with van der Waals surface area (Å²) in [6.45, 7) is 0.715. The van der Waals surface area contributed by atoms with Gasteiger partial charge < -0.3 is 4.74 Å². The molecular weight excluding hydrogens is 245 g/mol. The van der Waals surface area contributed by atoms with Crippen LogP contribution in [0.3, 0.4) is 0 Å². The summed E-state index contributed by atoms with van der Waals surface area (Å²) in [5.41, 5.74) is 1.16. The van der Waals surface area contributed by atoms with Gasteiger partial charge in [0, 0.05) is 12.0 Å². The van der Waals surface area contributed by atoms with Gasteiger partial charge >= 0.3 is 6.18 Å². The molecule has 0 aromatic carbocycles. The first-order valence-electron chi connectivity index (χ1n) is 4.64. The minimum absolute atomic E-state index is 0.0592. The van der Waals surface area contributed by atoms with E-state index < -0.39 is 12.6 Å². The minimum Gasteiger partial charge on any atom is -0.376 e. The average molecular weight is 253 g/mol. The molecule has 0 unspecified atom stereocenters. The molecule has 1 aromatic rings. The summed E-state index contributed by atoms with van der Waals surface area (Å²) in [5, 5.41) is 0.0592. The molecule has 2 rings (SSSR count). The van der Waals surface area contributed by atoms with Crippen molar-refractivity contribution >= 4 is 11.6 Å². The Kier molecular flexibility index (Phi) is 3.03. The zero-order chi connectivity index (χ0) is 11.8. The highest BCUT2D eigenvalue weighted by Gasteiger charge is 2.30. The molecule has 0 bridgehead atoms. The Morgan fingerprint density at radius 2 is 2.06 bits per heavy atom. The molecule has 0 saturated heterocycles. The lowest BCUT2D eigenvalue weighted by Gasteiger charge is -2.17. The van der Waals surface area contributed by atoms with Crippen molar-refractivity contribution < 1.29 is 17.9 Å².